The van der Waals surface area contributed by atoms with Gasteiger partial charge in [0.1, 0.15) is 11.7 Å². The fourth-order valence-electron chi connectivity index (χ4n) is 4.05. The zero-order chi connectivity index (χ0) is 21.8. The van der Waals surface area contributed by atoms with Gasteiger partial charge in [-0.2, -0.15) is 0 Å². The summed E-state index contributed by atoms with van der Waals surface area (Å²) >= 11 is 0. The summed E-state index contributed by atoms with van der Waals surface area (Å²) in [5.74, 6) is -0.224. The van der Waals surface area contributed by atoms with Gasteiger partial charge in [-0.05, 0) is 41.0 Å². The van der Waals surface area contributed by atoms with Gasteiger partial charge in [-0.25, -0.2) is 5.06 Å². The predicted octanol–water partition coefficient (Wildman–Crippen LogP) is 6.07. The summed E-state index contributed by atoms with van der Waals surface area (Å²) < 4.78 is 5.68. The Morgan fingerprint density at radius 3 is 1.94 bits per heavy atom. The van der Waals surface area contributed by atoms with Gasteiger partial charge in [0.15, 0.2) is 0 Å². The number of ether oxygens (including phenoxy) is 1. The van der Waals surface area contributed by atoms with E-state index in [-0.39, 0.29) is 18.6 Å². The van der Waals surface area contributed by atoms with E-state index in [1.54, 1.807) is 12.1 Å². The highest BCUT2D eigenvalue weighted by atomic mass is 16.7. The molecule has 4 aromatic carbocycles. The number of hydrogen-bond donors (Lipinski definition) is 0. The lowest BCUT2D eigenvalue weighted by molar-refractivity contribution is -0.139. The Morgan fingerprint density at radius 1 is 0.719 bits per heavy atom. The molecule has 0 aliphatic carbocycles. The number of rotatable bonds is 5. The zero-order valence-corrected chi connectivity index (χ0v) is 17.5. The van der Waals surface area contributed by atoms with Gasteiger partial charge in [-0.3, -0.25) is 9.63 Å². The Kier molecular flexibility index (Phi) is 5.69. The number of hydroxylamine groups is 1. The fourth-order valence-corrected chi connectivity index (χ4v) is 4.05. The van der Waals surface area contributed by atoms with Crippen molar-refractivity contribution < 1.29 is 14.4 Å². The first-order valence-corrected chi connectivity index (χ1v) is 10.7. The van der Waals surface area contributed by atoms with Crippen molar-refractivity contribution in [1.82, 2.24) is 0 Å². The molecule has 4 nitrogen and oxygen atoms in total. The average Bonchev–Trinajstić information content (AvgIpc) is 3.31. The van der Waals surface area contributed by atoms with Gasteiger partial charge in [0, 0.05) is 0 Å². The highest BCUT2D eigenvalue weighted by Gasteiger charge is 2.42. The molecule has 0 spiro atoms. The largest absolute Gasteiger partial charge is 0.426 e. The molecule has 1 aliphatic heterocycles. The van der Waals surface area contributed by atoms with Crippen molar-refractivity contribution in [2.75, 3.05) is 11.7 Å². The van der Waals surface area contributed by atoms with E-state index in [9.17, 15) is 4.79 Å². The average molecular weight is 421 g/mol. The lowest BCUT2D eigenvalue weighted by atomic mass is 9.92. The third-order valence-electron chi connectivity index (χ3n) is 5.66. The fraction of sp³-hybridized carbons (Fsp3) is 0.107. The van der Waals surface area contributed by atoms with Crippen LogP contribution in [0.25, 0.3) is 11.1 Å². The zero-order valence-electron chi connectivity index (χ0n) is 17.5. The lowest BCUT2D eigenvalue weighted by Crippen LogP contribution is -2.30. The lowest BCUT2D eigenvalue weighted by Gasteiger charge is -2.27. The molecular weight excluding hydrogens is 398 g/mol. The van der Waals surface area contributed by atoms with E-state index in [1.807, 2.05) is 71.8 Å². The van der Waals surface area contributed by atoms with Gasteiger partial charge < -0.3 is 4.74 Å². The van der Waals surface area contributed by atoms with E-state index in [0.717, 1.165) is 22.4 Å². The van der Waals surface area contributed by atoms with Gasteiger partial charge >= 0.3 is 5.97 Å². The van der Waals surface area contributed by atoms with Crippen LogP contribution in [0.4, 0.5) is 5.69 Å². The van der Waals surface area contributed by atoms with Gasteiger partial charge in [-0.1, -0.05) is 91.0 Å². The van der Waals surface area contributed by atoms with E-state index >= 15 is 0 Å². The third kappa shape index (κ3) is 4.13. The van der Waals surface area contributed by atoms with Gasteiger partial charge in [0.25, 0.3) is 0 Å². The minimum Gasteiger partial charge on any atom is -0.426 e. The summed E-state index contributed by atoms with van der Waals surface area (Å²) in [6, 6.07) is 37.3. The molecule has 0 amide bonds. The maximum absolute atomic E-state index is 13.1. The predicted molar refractivity (Wildman–Crippen MR) is 125 cm³/mol. The Labute approximate surface area is 187 Å². The minimum atomic E-state index is -0.460. The molecule has 0 bridgehead atoms. The summed E-state index contributed by atoms with van der Waals surface area (Å²) in [6.45, 7) is 0.256. The first-order valence-electron chi connectivity index (χ1n) is 10.7. The highest BCUT2D eigenvalue weighted by Crippen LogP contribution is 2.40. The number of hydrogen-bond acceptors (Lipinski definition) is 4. The van der Waals surface area contributed by atoms with Crippen molar-refractivity contribution in [3.05, 3.63) is 121 Å². The van der Waals surface area contributed by atoms with Crippen molar-refractivity contribution in [3.8, 4) is 16.9 Å². The van der Waals surface area contributed by atoms with Crippen LogP contribution in [-0.4, -0.2) is 12.6 Å². The number of benzene rings is 4. The SMILES string of the molecule is O=C(Oc1ccccc1)C1CON(c2ccccc2)C1c1ccc(-c2ccccc2)cc1. The molecule has 5 rings (SSSR count). The van der Waals surface area contributed by atoms with Crippen LogP contribution in [0.1, 0.15) is 11.6 Å². The Bertz CT molecular complexity index is 1160. The van der Waals surface area contributed by atoms with Crippen LogP contribution < -0.4 is 9.80 Å². The van der Waals surface area contributed by atoms with Crippen molar-refractivity contribution in [1.29, 1.82) is 0 Å². The van der Waals surface area contributed by atoms with E-state index in [0.29, 0.717) is 5.75 Å². The van der Waals surface area contributed by atoms with Crippen molar-refractivity contribution in [2.45, 2.75) is 6.04 Å². The minimum absolute atomic E-state index is 0.256. The summed E-state index contributed by atoms with van der Waals surface area (Å²) in [7, 11) is 0. The number of nitrogens with zero attached hydrogens (tertiary/aromatic N) is 1. The molecule has 0 radical (unpaired) electrons. The smallest absolute Gasteiger partial charge is 0.319 e. The standard InChI is InChI=1S/C28H23NO3/c30-28(32-25-14-8-3-9-15-25)26-20-31-29(24-12-6-2-7-13-24)27(26)23-18-16-22(17-19-23)21-10-4-1-5-11-21/h1-19,26-27H,20H2. The number of anilines is 1. The maximum atomic E-state index is 13.1. The molecule has 1 aliphatic rings. The third-order valence-corrected chi connectivity index (χ3v) is 5.66. The van der Waals surface area contributed by atoms with Crippen LogP contribution in [0, 0.1) is 5.92 Å². The molecule has 2 unspecified atom stereocenters. The Hall–Kier alpha value is -3.89. The van der Waals surface area contributed by atoms with Crippen LogP contribution in [0.3, 0.4) is 0 Å². The van der Waals surface area contributed by atoms with Crippen LogP contribution in [-0.2, 0) is 9.63 Å². The first kappa shape index (κ1) is 20.0. The topological polar surface area (TPSA) is 38.8 Å². The van der Waals surface area contributed by atoms with Crippen LogP contribution in [0.5, 0.6) is 5.75 Å². The molecule has 1 saturated heterocycles. The molecule has 158 valence electrons. The molecule has 0 N–H and O–H groups in total. The second-order valence-electron chi connectivity index (χ2n) is 7.73. The second kappa shape index (κ2) is 9.08. The van der Waals surface area contributed by atoms with E-state index in [2.05, 4.69) is 36.4 Å². The molecule has 4 aromatic rings. The molecule has 1 heterocycles. The van der Waals surface area contributed by atoms with Crippen molar-refractivity contribution in [3.63, 3.8) is 0 Å². The highest BCUT2D eigenvalue weighted by molar-refractivity contribution is 5.78. The molecule has 0 saturated carbocycles. The number of carbonyl (C=O) groups excluding carboxylic acids is 1. The van der Waals surface area contributed by atoms with Gasteiger partial charge in [-0.15, -0.1) is 0 Å². The molecule has 4 heteroatoms. The first-order chi connectivity index (χ1) is 15.8. The van der Waals surface area contributed by atoms with Gasteiger partial charge in [0.05, 0.1) is 18.3 Å². The summed E-state index contributed by atoms with van der Waals surface area (Å²) in [5, 5.41) is 1.83. The van der Waals surface area contributed by atoms with E-state index < -0.39 is 5.92 Å². The maximum Gasteiger partial charge on any atom is 0.319 e. The molecule has 1 fully saturated rings. The Morgan fingerprint density at radius 2 is 1.28 bits per heavy atom. The second-order valence-corrected chi connectivity index (χ2v) is 7.73. The van der Waals surface area contributed by atoms with E-state index in [4.69, 9.17) is 9.57 Å². The van der Waals surface area contributed by atoms with E-state index in [1.165, 1.54) is 0 Å². The number of esters is 1. The van der Waals surface area contributed by atoms with Crippen LogP contribution >= 0.6 is 0 Å². The normalized spacial score (nSPS) is 17.8. The quantitative estimate of drug-likeness (QED) is 0.290. The molecule has 2 atom stereocenters. The summed E-state index contributed by atoms with van der Waals surface area (Å²) in [4.78, 5) is 19.2. The van der Waals surface area contributed by atoms with Crippen molar-refractivity contribution >= 4 is 11.7 Å². The summed E-state index contributed by atoms with van der Waals surface area (Å²) in [5.41, 5.74) is 4.19. The number of carbonyl (C=O) groups is 1. The number of para-hydroxylation sites is 2. The summed E-state index contributed by atoms with van der Waals surface area (Å²) in [6.07, 6.45) is 0. The Balaban J connectivity index is 1.47. The van der Waals surface area contributed by atoms with Crippen molar-refractivity contribution in [2.24, 2.45) is 5.92 Å². The monoisotopic (exact) mass is 421 g/mol. The molecule has 32 heavy (non-hydrogen) atoms. The van der Waals surface area contributed by atoms with Crippen LogP contribution in [0.15, 0.2) is 115 Å². The molecular formula is C28H23NO3. The molecule has 0 aromatic heterocycles. The van der Waals surface area contributed by atoms with Gasteiger partial charge in [0.2, 0.25) is 0 Å². The van der Waals surface area contributed by atoms with Crippen LogP contribution in [0.2, 0.25) is 0 Å².